The Bertz CT molecular complexity index is 1380. The van der Waals surface area contributed by atoms with Crippen LogP contribution in [-0.4, -0.2) is 40.8 Å². The van der Waals surface area contributed by atoms with Crippen molar-refractivity contribution >= 4 is 28.1 Å². The van der Waals surface area contributed by atoms with E-state index in [1.807, 2.05) is 12.1 Å². The van der Waals surface area contributed by atoms with Gasteiger partial charge >= 0.3 is 6.18 Å². The first-order valence-corrected chi connectivity index (χ1v) is 11.1. The van der Waals surface area contributed by atoms with Gasteiger partial charge in [0.05, 0.1) is 43.6 Å². The van der Waals surface area contributed by atoms with Crippen molar-refractivity contribution in [3.05, 3.63) is 54.0 Å². The van der Waals surface area contributed by atoms with Crippen LogP contribution in [0.2, 0.25) is 0 Å². The zero-order valence-electron chi connectivity index (χ0n) is 19.1. The van der Waals surface area contributed by atoms with Gasteiger partial charge in [0.2, 0.25) is 0 Å². The molecule has 0 radical (unpaired) electrons. The van der Waals surface area contributed by atoms with Gasteiger partial charge in [0.1, 0.15) is 18.2 Å². The molecular formula is C24H24F3N5O3. The average Bonchev–Trinajstić information content (AvgIpc) is 3.50. The van der Waals surface area contributed by atoms with Gasteiger partial charge in [0.15, 0.2) is 17.1 Å². The van der Waals surface area contributed by atoms with Crippen molar-refractivity contribution in [1.82, 2.24) is 14.4 Å². The molecule has 1 unspecified atom stereocenters. The summed E-state index contributed by atoms with van der Waals surface area (Å²) in [5.74, 6) is 1.53. The van der Waals surface area contributed by atoms with Crippen molar-refractivity contribution in [3.8, 4) is 11.5 Å². The van der Waals surface area contributed by atoms with Crippen molar-refractivity contribution in [2.75, 3.05) is 31.4 Å². The molecule has 0 aliphatic carbocycles. The third-order valence-electron chi connectivity index (χ3n) is 5.98. The van der Waals surface area contributed by atoms with Gasteiger partial charge < -0.3 is 25.3 Å². The molecule has 3 N–H and O–H groups in total. The minimum Gasteiger partial charge on any atom is -0.493 e. The molecule has 2 aromatic carbocycles. The summed E-state index contributed by atoms with van der Waals surface area (Å²) in [6.45, 7) is 2.86. The van der Waals surface area contributed by atoms with Gasteiger partial charge in [-0.1, -0.05) is 0 Å². The molecule has 2 atom stereocenters. The van der Waals surface area contributed by atoms with Gasteiger partial charge in [-0.2, -0.15) is 13.2 Å². The molecule has 11 heteroatoms. The minimum atomic E-state index is -4.50. The zero-order valence-corrected chi connectivity index (χ0v) is 19.1. The molecular weight excluding hydrogens is 463 g/mol. The fraction of sp³-hybridized carbons (Fsp3) is 0.333. The van der Waals surface area contributed by atoms with E-state index in [1.165, 1.54) is 6.07 Å². The summed E-state index contributed by atoms with van der Waals surface area (Å²) in [5, 5.41) is 3.94. The Morgan fingerprint density at radius 3 is 2.74 bits per heavy atom. The van der Waals surface area contributed by atoms with E-state index < -0.39 is 17.8 Å². The van der Waals surface area contributed by atoms with Crippen molar-refractivity contribution < 1.29 is 27.4 Å². The first-order chi connectivity index (χ1) is 16.7. The number of nitrogens with zero attached hydrogens (tertiary/aromatic N) is 3. The molecule has 0 bridgehead atoms. The van der Waals surface area contributed by atoms with E-state index in [-0.39, 0.29) is 11.8 Å². The van der Waals surface area contributed by atoms with Gasteiger partial charge in [0.25, 0.3) is 0 Å². The molecule has 184 valence electrons. The van der Waals surface area contributed by atoms with Crippen LogP contribution in [-0.2, 0) is 10.9 Å². The third-order valence-corrected chi connectivity index (χ3v) is 5.98. The molecule has 35 heavy (non-hydrogen) atoms. The highest BCUT2D eigenvalue weighted by atomic mass is 19.4. The van der Waals surface area contributed by atoms with E-state index in [1.54, 1.807) is 31.0 Å². The maximum absolute atomic E-state index is 13.3. The van der Waals surface area contributed by atoms with Crippen LogP contribution in [0.3, 0.4) is 0 Å². The first-order valence-electron chi connectivity index (χ1n) is 11.1. The summed E-state index contributed by atoms with van der Waals surface area (Å²) < 4.78 is 58.9. The predicted octanol–water partition coefficient (Wildman–Crippen LogP) is 4.83. The number of rotatable bonds is 6. The fourth-order valence-corrected chi connectivity index (χ4v) is 4.20. The zero-order chi connectivity index (χ0) is 24.7. The van der Waals surface area contributed by atoms with E-state index in [9.17, 15) is 13.2 Å². The average molecular weight is 487 g/mol. The highest BCUT2D eigenvalue weighted by Gasteiger charge is 2.31. The lowest BCUT2D eigenvalue weighted by Gasteiger charge is -2.21. The Morgan fingerprint density at radius 1 is 1.20 bits per heavy atom. The van der Waals surface area contributed by atoms with Gasteiger partial charge in [-0.15, -0.1) is 0 Å². The van der Waals surface area contributed by atoms with E-state index in [2.05, 4.69) is 15.3 Å². The molecule has 0 saturated carbocycles. The molecule has 3 heterocycles. The molecule has 1 saturated heterocycles. The highest BCUT2D eigenvalue weighted by molar-refractivity contribution is 5.94. The van der Waals surface area contributed by atoms with Crippen LogP contribution in [0.4, 0.5) is 24.7 Å². The quantitative estimate of drug-likeness (QED) is 0.376. The summed E-state index contributed by atoms with van der Waals surface area (Å²) in [6, 6.07) is 6.64. The summed E-state index contributed by atoms with van der Waals surface area (Å²) in [5.41, 5.74) is 6.70. The number of nitrogens with one attached hydrogen (secondary N) is 1. The van der Waals surface area contributed by atoms with Gasteiger partial charge in [-0.25, -0.2) is 9.97 Å². The number of hydrogen-bond donors (Lipinski definition) is 2. The molecule has 8 nitrogen and oxygen atoms in total. The number of benzene rings is 2. The van der Waals surface area contributed by atoms with Gasteiger partial charge in [0, 0.05) is 23.6 Å². The topological polar surface area (TPSA) is 95.9 Å². The second-order valence-electron chi connectivity index (χ2n) is 8.46. The number of nitrogens with two attached hydrogens (primary N) is 1. The van der Waals surface area contributed by atoms with Gasteiger partial charge in [-0.05, 0) is 36.8 Å². The molecule has 4 aromatic rings. The van der Waals surface area contributed by atoms with Crippen LogP contribution in [0, 0.1) is 0 Å². The number of fused-ring (bicyclic) bond motifs is 3. The van der Waals surface area contributed by atoms with E-state index in [0.717, 1.165) is 24.1 Å². The Kier molecular flexibility index (Phi) is 5.79. The number of alkyl halides is 3. The number of imidazole rings is 1. The van der Waals surface area contributed by atoms with E-state index in [0.29, 0.717) is 47.1 Å². The van der Waals surface area contributed by atoms with Crippen molar-refractivity contribution in [2.45, 2.75) is 31.7 Å². The number of aromatic nitrogens is 3. The number of nitrogen functional groups attached to an aromatic ring is 1. The minimum absolute atomic E-state index is 0.0340. The number of ether oxygens (including phenoxy) is 3. The second-order valence-corrected chi connectivity index (χ2v) is 8.46. The largest absolute Gasteiger partial charge is 0.493 e. The normalized spacial score (nSPS) is 17.1. The lowest BCUT2D eigenvalue weighted by atomic mass is 10.0. The monoisotopic (exact) mass is 487 g/mol. The molecule has 1 aliphatic rings. The number of methoxy groups -OCH3 is 1. The van der Waals surface area contributed by atoms with Gasteiger partial charge in [-0.3, -0.25) is 4.40 Å². The van der Waals surface area contributed by atoms with Crippen molar-refractivity contribution in [2.24, 2.45) is 0 Å². The maximum atomic E-state index is 13.3. The van der Waals surface area contributed by atoms with Crippen LogP contribution >= 0.6 is 0 Å². The molecule has 1 fully saturated rings. The number of anilines is 2. The van der Waals surface area contributed by atoms with Crippen molar-refractivity contribution in [1.29, 1.82) is 0 Å². The Morgan fingerprint density at radius 2 is 2.03 bits per heavy atom. The summed E-state index contributed by atoms with van der Waals surface area (Å²) in [6.07, 6.45) is -0.604. The predicted molar refractivity (Wildman–Crippen MR) is 125 cm³/mol. The van der Waals surface area contributed by atoms with Crippen LogP contribution < -0.4 is 20.5 Å². The lowest BCUT2D eigenvalue weighted by Crippen LogP contribution is -2.16. The fourth-order valence-electron chi connectivity index (χ4n) is 4.20. The standard InChI is InChI=1S/C24H24F3N5O3/c1-13(14-5-15(24(25,26)27)7-16(28)6-14)30-23-18-8-21(35-17-3-4-34-11-17)20(33-2)9-19(18)32-12-29-10-22(32)31-23/h5-10,12-13,17H,3-4,11,28H2,1-2H3,(H,30,31)/t13?,17-/m0/s1. The molecule has 0 spiro atoms. The van der Waals surface area contributed by atoms with Crippen LogP contribution in [0.5, 0.6) is 11.5 Å². The first kappa shape index (κ1) is 23.0. The number of hydrogen-bond acceptors (Lipinski definition) is 7. The SMILES string of the molecule is COc1cc2c(cc1O[C@H]1CCOC1)c(NC(C)c1cc(N)cc(C(F)(F)F)c1)nc1cncn12. The van der Waals surface area contributed by atoms with Crippen LogP contribution in [0.15, 0.2) is 42.9 Å². The van der Waals surface area contributed by atoms with Crippen LogP contribution in [0.1, 0.15) is 30.5 Å². The summed E-state index contributed by atoms with van der Waals surface area (Å²) in [4.78, 5) is 8.85. The van der Waals surface area contributed by atoms with Crippen molar-refractivity contribution in [3.63, 3.8) is 0 Å². The van der Waals surface area contributed by atoms with E-state index >= 15 is 0 Å². The van der Waals surface area contributed by atoms with E-state index in [4.69, 9.17) is 19.9 Å². The van der Waals surface area contributed by atoms with Crippen LogP contribution in [0.25, 0.3) is 16.6 Å². The Labute approximate surface area is 198 Å². The third kappa shape index (κ3) is 4.51. The second kappa shape index (κ2) is 8.81. The highest BCUT2D eigenvalue weighted by Crippen LogP contribution is 2.38. The molecule has 5 rings (SSSR count). The summed E-state index contributed by atoms with van der Waals surface area (Å²) in [7, 11) is 1.56. The molecule has 1 aliphatic heterocycles. The smallest absolute Gasteiger partial charge is 0.416 e. The lowest BCUT2D eigenvalue weighted by molar-refractivity contribution is -0.137. The number of halogens is 3. The molecule has 2 aromatic heterocycles. The summed E-state index contributed by atoms with van der Waals surface area (Å²) >= 11 is 0. The Balaban J connectivity index is 1.59. The molecule has 0 amide bonds. The Hall–Kier alpha value is -3.73. The maximum Gasteiger partial charge on any atom is 0.416 e.